The molecule has 0 aliphatic heterocycles. The molecule has 0 aliphatic carbocycles. The molecule has 0 bridgehead atoms. The Balaban J connectivity index is 1.29. The molecule has 0 fully saturated rings. The number of benzene rings is 2. The predicted octanol–water partition coefficient (Wildman–Crippen LogP) is 4.12. The summed E-state index contributed by atoms with van der Waals surface area (Å²) in [7, 11) is 3.71. The number of hydrogen-bond acceptors (Lipinski definition) is 4. The number of H-pyrrole nitrogens is 1. The van der Waals surface area contributed by atoms with Crippen molar-refractivity contribution in [2.45, 2.75) is 13.0 Å². The van der Waals surface area contributed by atoms with Gasteiger partial charge in [0.05, 0.1) is 24.1 Å². The van der Waals surface area contributed by atoms with E-state index in [-0.39, 0.29) is 5.82 Å². The molecular weight excluding hydrogens is 407 g/mol. The maximum absolute atomic E-state index is 13.1. The van der Waals surface area contributed by atoms with Crippen molar-refractivity contribution >= 4 is 5.96 Å². The second kappa shape index (κ2) is 9.91. The fourth-order valence-corrected chi connectivity index (χ4v) is 3.34. The van der Waals surface area contributed by atoms with Crippen LogP contribution in [0.25, 0.3) is 22.7 Å². The zero-order chi connectivity index (χ0) is 22.3. The van der Waals surface area contributed by atoms with E-state index < -0.39 is 0 Å². The van der Waals surface area contributed by atoms with Crippen molar-refractivity contribution in [1.82, 2.24) is 25.2 Å². The summed E-state index contributed by atoms with van der Waals surface area (Å²) in [6.07, 6.45) is 4.13. The van der Waals surface area contributed by atoms with E-state index in [9.17, 15) is 4.39 Å². The number of oxazole rings is 1. The molecule has 4 aromatic rings. The number of aliphatic imine (C=N–C) groups is 1. The van der Waals surface area contributed by atoms with Gasteiger partial charge in [0.25, 0.3) is 0 Å². The Bertz CT molecular complexity index is 1170. The summed E-state index contributed by atoms with van der Waals surface area (Å²) in [5.74, 6) is 1.80. The zero-order valence-corrected chi connectivity index (χ0v) is 18.0. The topological polar surface area (TPSA) is 82.3 Å². The lowest BCUT2D eigenvalue weighted by Gasteiger charge is -2.20. The van der Waals surface area contributed by atoms with Crippen LogP contribution in [0.15, 0.2) is 76.5 Å². The van der Waals surface area contributed by atoms with Gasteiger partial charge in [-0.05, 0) is 29.8 Å². The van der Waals surface area contributed by atoms with Gasteiger partial charge in [-0.15, -0.1) is 0 Å². The van der Waals surface area contributed by atoms with Crippen LogP contribution in [-0.4, -0.2) is 46.5 Å². The molecule has 0 unspecified atom stereocenters. The van der Waals surface area contributed by atoms with Crippen LogP contribution in [0.4, 0.5) is 4.39 Å². The van der Waals surface area contributed by atoms with E-state index in [1.165, 1.54) is 12.1 Å². The highest BCUT2D eigenvalue weighted by molar-refractivity contribution is 5.79. The standard InChI is InChI=1S/C24H25FN6O/c1-26-24(31(2)15-22-28-14-21(30-22)17-6-4-3-5-7-17)27-13-12-20-16-32-23(29-20)18-8-10-19(25)11-9-18/h3-11,14,16H,12-13,15H2,1-2H3,(H,26,27)(H,28,30). The average Bonchev–Trinajstić information content (AvgIpc) is 3.48. The number of nitrogens with zero attached hydrogens (tertiary/aromatic N) is 4. The van der Waals surface area contributed by atoms with Crippen LogP contribution in [0.5, 0.6) is 0 Å². The fourth-order valence-electron chi connectivity index (χ4n) is 3.34. The van der Waals surface area contributed by atoms with Gasteiger partial charge in [-0.1, -0.05) is 30.3 Å². The lowest BCUT2D eigenvalue weighted by Crippen LogP contribution is -2.39. The molecule has 2 N–H and O–H groups in total. The zero-order valence-electron chi connectivity index (χ0n) is 18.0. The van der Waals surface area contributed by atoms with Crippen molar-refractivity contribution < 1.29 is 8.81 Å². The molecule has 0 aliphatic rings. The monoisotopic (exact) mass is 432 g/mol. The Kier molecular flexibility index (Phi) is 6.60. The molecule has 0 radical (unpaired) electrons. The number of aromatic nitrogens is 3. The summed E-state index contributed by atoms with van der Waals surface area (Å²) in [5, 5.41) is 3.34. The Morgan fingerprint density at radius 2 is 1.91 bits per heavy atom. The van der Waals surface area contributed by atoms with E-state index in [1.807, 2.05) is 48.5 Å². The summed E-state index contributed by atoms with van der Waals surface area (Å²) < 4.78 is 18.6. The van der Waals surface area contributed by atoms with Gasteiger partial charge < -0.3 is 19.6 Å². The highest BCUT2D eigenvalue weighted by Crippen LogP contribution is 2.19. The van der Waals surface area contributed by atoms with Crippen molar-refractivity contribution in [3.8, 4) is 22.7 Å². The molecule has 0 amide bonds. The molecule has 4 rings (SSSR count). The Hall–Kier alpha value is -3.94. The van der Waals surface area contributed by atoms with Gasteiger partial charge in [-0.3, -0.25) is 4.99 Å². The first kappa shape index (κ1) is 21.3. The lowest BCUT2D eigenvalue weighted by molar-refractivity contribution is 0.464. The fraction of sp³-hybridized carbons (Fsp3) is 0.208. The molecule has 2 aromatic carbocycles. The van der Waals surface area contributed by atoms with Gasteiger partial charge in [0, 0.05) is 32.6 Å². The highest BCUT2D eigenvalue weighted by atomic mass is 19.1. The van der Waals surface area contributed by atoms with Crippen molar-refractivity contribution in [1.29, 1.82) is 0 Å². The van der Waals surface area contributed by atoms with E-state index in [2.05, 4.69) is 25.3 Å². The molecule has 0 saturated carbocycles. The van der Waals surface area contributed by atoms with Crippen LogP contribution >= 0.6 is 0 Å². The molecule has 0 atom stereocenters. The molecule has 164 valence electrons. The van der Waals surface area contributed by atoms with Crippen LogP contribution in [-0.2, 0) is 13.0 Å². The molecule has 7 nitrogen and oxygen atoms in total. The quantitative estimate of drug-likeness (QED) is 0.339. The van der Waals surface area contributed by atoms with E-state index >= 15 is 0 Å². The lowest BCUT2D eigenvalue weighted by atomic mass is 10.2. The average molecular weight is 433 g/mol. The Morgan fingerprint density at radius 1 is 1.12 bits per heavy atom. The number of guanidine groups is 1. The normalized spacial score (nSPS) is 11.5. The van der Waals surface area contributed by atoms with Gasteiger partial charge in [0.15, 0.2) is 5.96 Å². The second-order valence-electron chi connectivity index (χ2n) is 7.34. The van der Waals surface area contributed by atoms with E-state index in [0.717, 1.165) is 34.3 Å². The van der Waals surface area contributed by atoms with Gasteiger partial charge in [-0.2, -0.15) is 0 Å². The van der Waals surface area contributed by atoms with Crippen LogP contribution in [0.3, 0.4) is 0 Å². The maximum Gasteiger partial charge on any atom is 0.226 e. The largest absolute Gasteiger partial charge is 0.444 e. The molecule has 2 heterocycles. The van der Waals surface area contributed by atoms with Crippen LogP contribution in [0.1, 0.15) is 11.5 Å². The third-order valence-corrected chi connectivity index (χ3v) is 4.98. The van der Waals surface area contributed by atoms with Crippen molar-refractivity contribution in [3.05, 3.63) is 84.4 Å². The van der Waals surface area contributed by atoms with Gasteiger partial charge in [0.1, 0.15) is 17.9 Å². The number of hydrogen-bond donors (Lipinski definition) is 2. The molecule has 0 saturated heterocycles. The maximum atomic E-state index is 13.1. The number of imidazole rings is 1. The van der Waals surface area contributed by atoms with E-state index in [0.29, 0.717) is 25.4 Å². The minimum Gasteiger partial charge on any atom is -0.444 e. The summed E-state index contributed by atoms with van der Waals surface area (Å²) >= 11 is 0. The van der Waals surface area contributed by atoms with Crippen LogP contribution in [0, 0.1) is 5.82 Å². The van der Waals surface area contributed by atoms with Crippen molar-refractivity contribution in [2.75, 3.05) is 20.6 Å². The van der Waals surface area contributed by atoms with E-state index in [4.69, 9.17) is 4.42 Å². The summed E-state index contributed by atoms with van der Waals surface area (Å²) in [6, 6.07) is 16.2. The van der Waals surface area contributed by atoms with Crippen molar-refractivity contribution in [3.63, 3.8) is 0 Å². The number of halogens is 1. The predicted molar refractivity (Wildman–Crippen MR) is 122 cm³/mol. The first-order valence-corrected chi connectivity index (χ1v) is 10.3. The minimum atomic E-state index is -0.286. The van der Waals surface area contributed by atoms with Gasteiger partial charge in [-0.25, -0.2) is 14.4 Å². The molecule has 8 heteroatoms. The third-order valence-electron chi connectivity index (χ3n) is 4.98. The number of rotatable bonds is 7. The minimum absolute atomic E-state index is 0.286. The summed E-state index contributed by atoms with van der Waals surface area (Å²) in [5.41, 5.74) is 3.65. The van der Waals surface area contributed by atoms with Gasteiger partial charge >= 0.3 is 0 Å². The molecule has 32 heavy (non-hydrogen) atoms. The van der Waals surface area contributed by atoms with Crippen LogP contribution in [0.2, 0.25) is 0 Å². The van der Waals surface area contributed by atoms with E-state index in [1.54, 1.807) is 25.4 Å². The Morgan fingerprint density at radius 3 is 2.66 bits per heavy atom. The first-order valence-electron chi connectivity index (χ1n) is 10.3. The number of aromatic amines is 1. The summed E-state index contributed by atoms with van der Waals surface area (Å²) in [4.78, 5) is 18.7. The van der Waals surface area contributed by atoms with Crippen molar-refractivity contribution in [2.24, 2.45) is 4.99 Å². The first-order chi connectivity index (χ1) is 15.6. The molecule has 2 aromatic heterocycles. The third kappa shape index (κ3) is 5.21. The highest BCUT2D eigenvalue weighted by Gasteiger charge is 2.11. The Labute approximate surface area is 186 Å². The smallest absolute Gasteiger partial charge is 0.226 e. The SMILES string of the molecule is CN=C(NCCc1coc(-c2ccc(F)cc2)n1)N(C)Cc1ncc(-c2ccccc2)[nH]1. The number of nitrogens with one attached hydrogen (secondary N) is 2. The molecular formula is C24H25FN6O. The van der Waals surface area contributed by atoms with Gasteiger partial charge in [0.2, 0.25) is 5.89 Å². The summed E-state index contributed by atoms with van der Waals surface area (Å²) in [6.45, 7) is 1.23. The molecule has 0 spiro atoms. The second-order valence-corrected chi connectivity index (χ2v) is 7.34. The van der Waals surface area contributed by atoms with Crippen LogP contribution < -0.4 is 5.32 Å².